The minimum absolute atomic E-state index is 0.116. The highest BCUT2D eigenvalue weighted by molar-refractivity contribution is 5.82. The molecule has 2 atom stereocenters. The quantitative estimate of drug-likeness (QED) is 0.674. The van der Waals surface area contributed by atoms with Crippen LogP contribution < -0.4 is 10.6 Å². The number of hydrogen-bond donors (Lipinski definition) is 3. The van der Waals surface area contributed by atoms with Crippen LogP contribution in [0.2, 0.25) is 0 Å². The van der Waals surface area contributed by atoms with E-state index in [-0.39, 0.29) is 12.1 Å². The smallest absolute Gasteiger partial charge is 0.326 e. The van der Waals surface area contributed by atoms with Crippen molar-refractivity contribution >= 4 is 12.0 Å². The molecule has 0 radical (unpaired) electrons. The maximum absolute atomic E-state index is 11.8. The van der Waals surface area contributed by atoms with Gasteiger partial charge < -0.3 is 20.6 Å². The molecule has 110 valence electrons. The Kier molecular flexibility index (Phi) is 6.62. The molecule has 0 aromatic heterocycles. The Labute approximate surface area is 114 Å². The van der Waals surface area contributed by atoms with Crippen LogP contribution in [0.15, 0.2) is 0 Å². The van der Waals surface area contributed by atoms with E-state index < -0.39 is 12.0 Å². The third-order valence-electron chi connectivity index (χ3n) is 3.47. The number of nitrogens with one attached hydrogen (secondary N) is 2. The molecule has 2 amide bonds. The number of aliphatic carboxylic acids is 1. The fourth-order valence-corrected chi connectivity index (χ4v) is 2.39. The molecular formula is C13H25N3O3. The van der Waals surface area contributed by atoms with E-state index in [1.807, 2.05) is 6.92 Å². The standard InChI is InChI=1S/C13H25N3O3/c1-3-6-11(12(17)18)15-13(19)14-10-7-5-8-16(4-2)9-10/h10-11H,3-9H2,1-2H3,(H,17,18)(H2,14,15,19). The van der Waals surface area contributed by atoms with Gasteiger partial charge in [-0.2, -0.15) is 0 Å². The molecule has 0 aromatic rings. The second-order valence-corrected chi connectivity index (χ2v) is 5.03. The highest BCUT2D eigenvalue weighted by Crippen LogP contribution is 2.09. The van der Waals surface area contributed by atoms with Crippen LogP contribution in [0.4, 0.5) is 4.79 Å². The minimum Gasteiger partial charge on any atom is -0.480 e. The number of hydrogen-bond acceptors (Lipinski definition) is 3. The number of piperidine rings is 1. The molecular weight excluding hydrogens is 246 g/mol. The molecule has 1 saturated heterocycles. The van der Waals surface area contributed by atoms with E-state index in [2.05, 4.69) is 22.5 Å². The number of urea groups is 1. The lowest BCUT2D eigenvalue weighted by atomic mass is 10.1. The summed E-state index contributed by atoms with van der Waals surface area (Å²) in [5.41, 5.74) is 0. The second-order valence-electron chi connectivity index (χ2n) is 5.03. The third-order valence-corrected chi connectivity index (χ3v) is 3.47. The highest BCUT2D eigenvalue weighted by atomic mass is 16.4. The first-order valence-corrected chi connectivity index (χ1v) is 7.09. The topological polar surface area (TPSA) is 81.7 Å². The summed E-state index contributed by atoms with van der Waals surface area (Å²) in [4.78, 5) is 25.0. The molecule has 1 heterocycles. The largest absolute Gasteiger partial charge is 0.480 e. The van der Waals surface area contributed by atoms with E-state index in [9.17, 15) is 9.59 Å². The van der Waals surface area contributed by atoms with Crippen molar-refractivity contribution in [3.8, 4) is 0 Å². The van der Waals surface area contributed by atoms with Crippen LogP contribution >= 0.6 is 0 Å². The molecule has 1 aliphatic rings. The van der Waals surface area contributed by atoms with Crippen LogP contribution in [0, 0.1) is 0 Å². The van der Waals surface area contributed by atoms with Gasteiger partial charge in [-0.25, -0.2) is 9.59 Å². The van der Waals surface area contributed by atoms with Crippen LogP contribution in [0.1, 0.15) is 39.5 Å². The lowest BCUT2D eigenvalue weighted by Crippen LogP contribution is -2.53. The van der Waals surface area contributed by atoms with Crippen molar-refractivity contribution in [2.75, 3.05) is 19.6 Å². The normalized spacial score (nSPS) is 21.7. The SMILES string of the molecule is CCCC(NC(=O)NC1CCCN(CC)C1)C(=O)O. The number of carboxylic acid groups (broad SMARTS) is 1. The van der Waals surface area contributed by atoms with E-state index in [0.29, 0.717) is 6.42 Å². The van der Waals surface area contributed by atoms with Crippen LogP contribution in [0.5, 0.6) is 0 Å². The first-order chi connectivity index (χ1) is 9.06. The van der Waals surface area contributed by atoms with Gasteiger partial charge in [0.2, 0.25) is 0 Å². The van der Waals surface area contributed by atoms with E-state index in [4.69, 9.17) is 5.11 Å². The van der Waals surface area contributed by atoms with Gasteiger partial charge in [-0.1, -0.05) is 20.3 Å². The molecule has 1 fully saturated rings. The van der Waals surface area contributed by atoms with E-state index in [0.717, 1.165) is 38.9 Å². The van der Waals surface area contributed by atoms with Gasteiger partial charge in [0, 0.05) is 12.6 Å². The molecule has 0 saturated carbocycles. The minimum atomic E-state index is -0.976. The van der Waals surface area contributed by atoms with E-state index >= 15 is 0 Å². The Hall–Kier alpha value is -1.30. The summed E-state index contributed by atoms with van der Waals surface area (Å²) in [6, 6.07) is -1.05. The molecule has 19 heavy (non-hydrogen) atoms. The van der Waals surface area contributed by atoms with Crippen LogP contribution in [0.25, 0.3) is 0 Å². The summed E-state index contributed by atoms with van der Waals surface area (Å²) in [6.45, 7) is 6.90. The number of nitrogens with zero attached hydrogens (tertiary/aromatic N) is 1. The van der Waals surface area contributed by atoms with Gasteiger partial charge in [0.25, 0.3) is 0 Å². The van der Waals surface area contributed by atoms with Crippen LogP contribution in [0.3, 0.4) is 0 Å². The van der Waals surface area contributed by atoms with Gasteiger partial charge in [0.05, 0.1) is 0 Å². The average molecular weight is 271 g/mol. The van der Waals surface area contributed by atoms with Gasteiger partial charge in [-0.3, -0.25) is 0 Å². The van der Waals surface area contributed by atoms with Crippen molar-refractivity contribution in [2.45, 2.75) is 51.6 Å². The summed E-state index contributed by atoms with van der Waals surface area (Å²) in [5, 5.41) is 14.4. The van der Waals surface area contributed by atoms with Crippen LogP contribution in [-0.2, 0) is 4.79 Å². The molecule has 6 heteroatoms. The summed E-state index contributed by atoms with van der Waals surface area (Å²) in [5.74, 6) is -0.976. The fraction of sp³-hybridized carbons (Fsp3) is 0.846. The molecule has 0 spiro atoms. The fourth-order valence-electron chi connectivity index (χ4n) is 2.39. The monoisotopic (exact) mass is 271 g/mol. The second kappa shape index (κ2) is 7.99. The Morgan fingerprint density at radius 1 is 1.42 bits per heavy atom. The molecule has 6 nitrogen and oxygen atoms in total. The summed E-state index contributed by atoms with van der Waals surface area (Å²) < 4.78 is 0. The average Bonchev–Trinajstić information content (AvgIpc) is 2.38. The van der Waals surface area contributed by atoms with E-state index in [1.54, 1.807) is 0 Å². The number of amides is 2. The predicted octanol–water partition coefficient (Wildman–Crippen LogP) is 1.02. The van der Waals surface area contributed by atoms with Gasteiger partial charge in [0.1, 0.15) is 6.04 Å². The predicted molar refractivity (Wildman–Crippen MR) is 73.1 cm³/mol. The van der Waals surface area contributed by atoms with E-state index in [1.165, 1.54) is 0 Å². The Morgan fingerprint density at radius 2 is 2.16 bits per heavy atom. The number of carbonyl (C=O) groups is 2. The van der Waals surface area contributed by atoms with Gasteiger partial charge in [-0.05, 0) is 32.4 Å². The number of carboxylic acids is 1. The molecule has 0 bridgehead atoms. The molecule has 3 N–H and O–H groups in total. The van der Waals surface area contributed by atoms with Crippen molar-refractivity contribution in [3.05, 3.63) is 0 Å². The third kappa shape index (κ3) is 5.46. The number of carbonyl (C=O) groups excluding carboxylic acids is 1. The van der Waals surface area contributed by atoms with Gasteiger partial charge in [-0.15, -0.1) is 0 Å². The van der Waals surface area contributed by atoms with Crippen molar-refractivity contribution in [2.24, 2.45) is 0 Å². The Balaban J connectivity index is 2.39. The summed E-state index contributed by atoms with van der Waals surface area (Å²) in [7, 11) is 0. The molecule has 1 aliphatic heterocycles. The van der Waals surface area contributed by atoms with Crippen molar-refractivity contribution in [3.63, 3.8) is 0 Å². The molecule has 2 unspecified atom stereocenters. The Bertz CT molecular complexity index is 310. The maximum Gasteiger partial charge on any atom is 0.326 e. The molecule has 0 aromatic carbocycles. The number of likely N-dealkylation sites (N-methyl/N-ethyl adjacent to an activating group) is 1. The maximum atomic E-state index is 11.8. The lowest BCUT2D eigenvalue weighted by molar-refractivity contribution is -0.139. The zero-order valence-corrected chi connectivity index (χ0v) is 11.8. The highest BCUT2D eigenvalue weighted by Gasteiger charge is 2.23. The molecule has 1 rings (SSSR count). The zero-order chi connectivity index (χ0) is 14.3. The summed E-state index contributed by atoms with van der Waals surface area (Å²) >= 11 is 0. The zero-order valence-electron chi connectivity index (χ0n) is 11.8. The van der Waals surface area contributed by atoms with Crippen LogP contribution in [-0.4, -0.2) is 53.7 Å². The Morgan fingerprint density at radius 3 is 2.74 bits per heavy atom. The number of rotatable bonds is 6. The molecule has 0 aliphatic carbocycles. The summed E-state index contributed by atoms with van der Waals surface area (Å²) in [6.07, 6.45) is 3.20. The first kappa shape index (κ1) is 15.8. The first-order valence-electron chi connectivity index (χ1n) is 7.09. The lowest BCUT2D eigenvalue weighted by Gasteiger charge is -2.32. The van der Waals surface area contributed by atoms with Gasteiger partial charge in [0.15, 0.2) is 0 Å². The van der Waals surface area contributed by atoms with Crippen molar-refractivity contribution in [1.82, 2.24) is 15.5 Å². The van der Waals surface area contributed by atoms with Gasteiger partial charge >= 0.3 is 12.0 Å². The van der Waals surface area contributed by atoms with Crippen molar-refractivity contribution in [1.29, 1.82) is 0 Å². The van der Waals surface area contributed by atoms with Crippen molar-refractivity contribution < 1.29 is 14.7 Å². The number of likely N-dealkylation sites (tertiary alicyclic amines) is 1.